The number of hydrogen-bond donors (Lipinski definition) is 0. The van der Waals surface area contributed by atoms with Gasteiger partial charge in [0.15, 0.2) is 0 Å². The normalized spacial score (nSPS) is 21.0. The molecule has 0 heterocycles. The summed E-state index contributed by atoms with van der Waals surface area (Å²) in [5, 5.41) is 0. The summed E-state index contributed by atoms with van der Waals surface area (Å²) >= 11 is 0. The topological polar surface area (TPSA) is 0 Å². The van der Waals surface area contributed by atoms with Gasteiger partial charge in [-0.2, -0.15) is 0 Å². The van der Waals surface area contributed by atoms with Gasteiger partial charge in [0, 0.05) is 0 Å². The van der Waals surface area contributed by atoms with Crippen molar-refractivity contribution in [1.82, 2.24) is 0 Å². The van der Waals surface area contributed by atoms with Crippen LogP contribution in [0, 0.1) is 11.3 Å². The van der Waals surface area contributed by atoms with Crippen molar-refractivity contribution in [3.8, 4) is 0 Å². The van der Waals surface area contributed by atoms with Crippen LogP contribution >= 0.6 is 0 Å². The molecule has 0 nitrogen and oxygen atoms in total. The van der Waals surface area contributed by atoms with E-state index in [0.29, 0.717) is 5.41 Å². The van der Waals surface area contributed by atoms with E-state index in [1.54, 1.807) is 0 Å². The van der Waals surface area contributed by atoms with Crippen LogP contribution in [0.2, 0.25) is 0 Å². The molecule has 1 fully saturated rings. The van der Waals surface area contributed by atoms with Gasteiger partial charge in [-0.25, -0.2) is 0 Å². The zero-order chi connectivity index (χ0) is 7.61. The van der Waals surface area contributed by atoms with Gasteiger partial charge in [0.1, 0.15) is 0 Å². The molecule has 0 saturated heterocycles. The Bertz CT molecular complexity index is 101. The molecule has 1 saturated carbocycles. The monoisotopic (exact) mass is 164 g/mol. The van der Waals surface area contributed by atoms with Crippen LogP contribution in [0.1, 0.15) is 54.3 Å². The summed E-state index contributed by atoms with van der Waals surface area (Å²) in [6, 6.07) is 0. The molecular formula is C10H21Na. The zero-order valence-electron chi connectivity index (χ0n) is 9.61. The van der Waals surface area contributed by atoms with Gasteiger partial charge in [0.05, 0.1) is 0 Å². The molecular weight excluding hydrogens is 143 g/mol. The summed E-state index contributed by atoms with van der Waals surface area (Å²) in [5.41, 5.74) is 0.570. The van der Waals surface area contributed by atoms with Gasteiger partial charge >= 0.3 is 29.6 Å². The van der Waals surface area contributed by atoms with Crippen LogP contribution in [0.15, 0.2) is 0 Å². The first-order valence-electron chi connectivity index (χ1n) is 4.61. The van der Waals surface area contributed by atoms with Crippen molar-refractivity contribution in [2.24, 2.45) is 11.3 Å². The van der Waals surface area contributed by atoms with Crippen LogP contribution in [0.25, 0.3) is 0 Å². The summed E-state index contributed by atoms with van der Waals surface area (Å²) < 4.78 is 0. The Balaban J connectivity index is 0. The standard InChI is InChI=1S/C10H20.Na.H/c1-10(2,3)9-7-5-4-6-8-9;;/h9H,4-8H2,1-3H3;;/q;+1;-1. The quantitative estimate of drug-likeness (QED) is 0.463. The van der Waals surface area contributed by atoms with Crippen LogP contribution in [0.5, 0.6) is 0 Å². The fraction of sp³-hybridized carbons (Fsp3) is 1.00. The molecule has 11 heavy (non-hydrogen) atoms. The van der Waals surface area contributed by atoms with Crippen molar-refractivity contribution >= 4 is 0 Å². The van der Waals surface area contributed by atoms with Gasteiger partial charge in [-0.1, -0.05) is 40.0 Å². The van der Waals surface area contributed by atoms with E-state index in [1.165, 1.54) is 32.1 Å². The van der Waals surface area contributed by atoms with E-state index >= 15 is 0 Å². The first-order valence-corrected chi connectivity index (χ1v) is 4.61. The van der Waals surface area contributed by atoms with Crippen molar-refractivity contribution < 1.29 is 31.0 Å². The van der Waals surface area contributed by atoms with Gasteiger partial charge in [0.2, 0.25) is 0 Å². The second-order valence-electron chi connectivity index (χ2n) is 4.70. The maximum absolute atomic E-state index is 2.38. The minimum atomic E-state index is 0. The van der Waals surface area contributed by atoms with E-state index in [9.17, 15) is 0 Å². The fourth-order valence-corrected chi connectivity index (χ4v) is 1.97. The molecule has 0 amide bonds. The third kappa shape index (κ3) is 3.96. The van der Waals surface area contributed by atoms with E-state index in [-0.39, 0.29) is 31.0 Å². The number of hydrogen-bond acceptors (Lipinski definition) is 0. The molecule has 0 bridgehead atoms. The Hall–Kier alpha value is 1.00. The van der Waals surface area contributed by atoms with Crippen LogP contribution in [-0.2, 0) is 0 Å². The van der Waals surface area contributed by atoms with E-state index in [0.717, 1.165) is 5.92 Å². The largest absolute Gasteiger partial charge is 1.00 e. The first kappa shape index (κ1) is 12.0. The van der Waals surface area contributed by atoms with E-state index < -0.39 is 0 Å². The van der Waals surface area contributed by atoms with Gasteiger partial charge in [0.25, 0.3) is 0 Å². The van der Waals surface area contributed by atoms with Gasteiger partial charge < -0.3 is 1.43 Å². The van der Waals surface area contributed by atoms with E-state index in [4.69, 9.17) is 0 Å². The summed E-state index contributed by atoms with van der Waals surface area (Å²) in [4.78, 5) is 0. The van der Waals surface area contributed by atoms with Gasteiger partial charge in [-0.3, -0.25) is 0 Å². The molecule has 0 radical (unpaired) electrons. The summed E-state index contributed by atoms with van der Waals surface area (Å²) in [6.07, 6.45) is 7.38. The van der Waals surface area contributed by atoms with E-state index in [1.807, 2.05) is 0 Å². The van der Waals surface area contributed by atoms with Crippen LogP contribution in [-0.4, -0.2) is 0 Å². The average Bonchev–Trinajstić information content (AvgIpc) is 1.88. The molecule has 0 unspecified atom stereocenters. The maximum atomic E-state index is 2.38. The molecule has 0 aromatic rings. The van der Waals surface area contributed by atoms with Crippen molar-refractivity contribution in [3.05, 3.63) is 0 Å². The van der Waals surface area contributed by atoms with Crippen molar-refractivity contribution in [3.63, 3.8) is 0 Å². The molecule has 0 aliphatic heterocycles. The Morgan fingerprint density at radius 3 is 1.73 bits per heavy atom. The van der Waals surface area contributed by atoms with Crippen molar-refractivity contribution in [2.75, 3.05) is 0 Å². The predicted octanol–water partition coefficient (Wildman–Crippen LogP) is 0.729. The molecule has 62 valence electrons. The second-order valence-corrected chi connectivity index (χ2v) is 4.70. The third-order valence-electron chi connectivity index (χ3n) is 2.83. The smallest absolute Gasteiger partial charge is 1.00 e. The Morgan fingerprint density at radius 2 is 1.45 bits per heavy atom. The Labute approximate surface area is 94.9 Å². The van der Waals surface area contributed by atoms with E-state index in [2.05, 4.69) is 20.8 Å². The zero-order valence-corrected chi connectivity index (χ0v) is 10.6. The van der Waals surface area contributed by atoms with Crippen molar-refractivity contribution in [2.45, 2.75) is 52.9 Å². The SMILES string of the molecule is CC(C)(C)C1CCCCC1.[H-].[Na+]. The Kier molecular flexibility index (Phi) is 5.33. The molecule has 0 aromatic heterocycles. The van der Waals surface area contributed by atoms with Crippen LogP contribution in [0.4, 0.5) is 0 Å². The molecule has 0 atom stereocenters. The van der Waals surface area contributed by atoms with Crippen LogP contribution in [0.3, 0.4) is 0 Å². The molecule has 0 aromatic carbocycles. The van der Waals surface area contributed by atoms with Gasteiger partial charge in [-0.15, -0.1) is 0 Å². The molecule has 1 aliphatic rings. The number of rotatable bonds is 0. The molecule has 1 aliphatic carbocycles. The second kappa shape index (κ2) is 4.89. The first-order chi connectivity index (χ1) is 4.61. The summed E-state index contributed by atoms with van der Waals surface area (Å²) in [5.74, 6) is 1.00. The molecule has 1 heteroatoms. The molecule has 0 spiro atoms. The van der Waals surface area contributed by atoms with Crippen molar-refractivity contribution in [1.29, 1.82) is 0 Å². The minimum Gasteiger partial charge on any atom is -1.00 e. The molecule has 0 N–H and O–H groups in total. The Morgan fingerprint density at radius 1 is 1.00 bits per heavy atom. The minimum absolute atomic E-state index is 0. The fourth-order valence-electron chi connectivity index (χ4n) is 1.97. The third-order valence-corrected chi connectivity index (χ3v) is 2.83. The van der Waals surface area contributed by atoms with Gasteiger partial charge in [-0.05, 0) is 24.2 Å². The maximum Gasteiger partial charge on any atom is 1.00 e. The average molecular weight is 164 g/mol. The summed E-state index contributed by atoms with van der Waals surface area (Å²) in [7, 11) is 0. The molecule has 1 rings (SSSR count). The van der Waals surface area contributed by atoms with Crippen LogP contribution < -0.4 is 29.6 Å². The predicted molar refractivity (Wildman–Crippen MR) is 47.1 cm³/mol. The summed E-state index contributed by atoms with van der Waals surface area (Å²) in [6.45, 7) is 7.13.